The van der Waals surface area contributed by atoms with E-state index in [2.05, 4.69) is 10.3 Å². The Labute approximate surface area is 130 Å². The fourth-order valence-electron chi connectivity index (χ4n) is 1.78. The van der Waals surface area contributed by atoms with Crippen LogP contribution in [0.25, 0.3) is 0 Å². The average molecular weight is 311 g/mol. The first-order valence-electron chi connectivity index (χ1n) is 7.54. The molecular formula is C15H25N3O2S. The van der Waals surface area contributed by atoms with Gasteiger partial charge in [0.05, 0.1) is 0 Å². The topological polar surface area (TPSA) is 64.0 Å². The molecule has 0 aromatic carbocycles. The van der Waals surface area contributed by atoms with E-state index in [0.717, 1.165) is 48.8 Å². The van der Waals surface area contributed by atoms with Crippen LogP contribution in [-0.4, -0.2) is 27.8 Å². The number of thioether (sulfide) groups is 1. The molecular weight excluding hydrogens is 286 g/mol. The molecule has 1 N–H and O–H groups in total. The maximum atomic E-state index is 11.8. The molecule has 1 amide bonds. The number of amides is 1. The fourth-order valence-corrected chi connectivity index (χ4v) is 2.77. The highest BCUT2D eigenvalue weighted by molar-refractivity contribution is 7.99. The van der Waals surface area contributed by atoms with Gasteiger partial charge < -0.3 is 5.32 Å². The molecule has 5 nitrogen and oxygen atoms in total. The lowest BCUT2D eigenvalue weighted by atomic mass is 10.2. The molecule has 0 fully saturated rings. The lowest BCUT2D eigenvalue weighted by Crippen LogP contribution is -2.23. The zero-order valence-electron chi connectivity index (χ0n) is 13.1. The predicted octanol–water partition coefficient (Wildman–Crippen LogP) is 2.13. The zero-order valence-corrected chi connectivity index (χ0v) is 14.0. The first-order valence-corrected chi connectivity index (χ1v) is 8.53. The molecule has 0 aliphatic rings. The summed E-state index contributed by atoms with van der Waals surface area (Å²) in [6, 6.07) is 1.59. The number of rotatable bonds is 9. The highest BCUT2D eigenvalue weighted by Crippen LogP contribution is 2.16. The second-order valence-electron chi connectivity index (χ2n) is 4.94. The van der Waals surface area contributed by atoms with E-state index in [1.165, 1.54) is 0 Å². The third-order valence-corrected chi connectivity index (χ3v) is 4.23. The van der Waals surface area contributed by atoms with Crippen molar-refractivity contribution >= 4 is 17.7 Å². The van der Waals surface area contributed by atoms with Crippen LogP contribution < -0.4 is 10.9 Å². The summed E-state index contributed by atoms with van der Waals surface area (Å²) in [6.45, 7) is 4.78. The van der Waals surface area contributed by atoms with E-state index < -0.39 is 0 Å². The van der Waals surface area contributed by atoms with Crippen LogP contribution in [0.2, 0.25) is 0 Å². The van der Waals surface area contributed by atoms with Crippen molar-refractivity contribution < 1.29 is 4.79 Å². The van der Waals surface area contributed by atoms with Crippen molar-refractivity contribution in [2.75, 3.05) is 12.3 Å². The van der Waals surface area contributed by atoms with Crippen LogP contribution in [0.5, 0.6) is 0 Å². The van der Waals surface area contributed by atoms with E-state index in [4.69, 9.17) is 0 Å². The Morgan fingerprint density at radius 1 is 1.38 bits per heavy atom. The lowest BCUT2D eigenvalue weighted by Gasteiger charge is -2.08. The number of hydrogen-bond donors (Lipinski definition) is 1. The number of hydrogen-bond acceptors (Lipinski definition) is 4. The molecule has 0 bridgehead atoms. The summed E-state index contributed by atoms with van der Waals surface area (Å²) in [7, 11) is 1.75. The summed E-state index contributed by atoms with van der Waals surface area (Å²) in [5.74, 6) is 0.995. The average Bonchev–Trinajstić information content (AvgIpc) is 2.48. The Morgan fingerprint density at radius 3 is 2.81 bits per heavy atom. The third kappa shape index (κ3) is 6.33. The number of aryl methyl sites for hydroxylation is 1. The van der Waals surface area contributed by atoms with Crippen LogP contribution in [-0.2, 0) is 18.3 Å². The molecule has 21 heavy (non-hydrogen) atoms. The fraction of sp³-hybridized carbons (Fsp3) is 0.667. The SMILES string of the molecule is CCCNC(=O)CCCCSc1nc(CC)cc(=O)n1C. The molecule has 0 spiro atoms. The van der Waals surface area contributed by atoms with Crippen molar-refractivity contribution in [3.8, 4) is 0 Å². The molecule has 118 valence electrons. The van der Waals surface area contributed by atoms with Crippen LogP contribution in [0.4, 0.5) is 0 Å². The van der Waals surface area contributed by atoms with Crippen molar-refractivity contribution in [3.05, 3.63) is 22.1 Å². The summed E-state index contributed by atoms with van der Waals surface area (Å²) < 4.78 is 1.58. The van der Waals surface area contributed by atoms with Gasteiger partial charge in [0, 0.05) is 37.5 Å². The van der Waals surface area contributed by atoms with Gasteiger partial charge in [-0.25, -0.2) is 4.98 Å². The van der Waals surface area contributed by atoms with Crippen molar-refractivity contribution in [1.82, 2.24) is 14.9 Å². The van der Waals surface area contributed by atoms with E-state index >= 15 is 0 Å². The monoisotopic (exact) mass is 311 g/mol. The molecule has 6 heteroatoms. The second kappa shape index (κ2) is 9.60. The van der Waals surface area contributed by atoms with Gasteiger partial charge in [0.25, 0.3) is 5.56 Å². The van der Waals surface area contributed by atoms with Gasteiger partial charge >= 0.3 is 0 Å². The molecule has 0 aliphatic carbocycles. The normalized spacial score (nSPS) is 10.6. The van der Waals surface area contributed by atoms with Crippen molar-refractivity contribution in [2.45, 2.75) is 51.1 Å². The zero-order chi connectivity index (χ0) is 15.7. The van der Waals surface area contributed by atoms with E-state index in [0.29, 0.717) is 6.42 Å². The second-order valence-corrected chi connectivity index (χ2v) is 6.00. The van der Waals surface area contributed by atoms with Crippen molar-refractivity contribution in [2.24, 2.45) is 7.05 Å². The Kier molecular flexibility index (Phi) is 8.12. The van der Waals surface area contributed by atoms with Crippen LogP contribution in [0.1, 0.15) is 45.2 Å². The molecule has 0 saturated heterocycles. The van der Waals surface area contributed by atoms with E-state index in [-0.39, 0.29) is 11.5 Å². The molecule has 0 unspecified atom stereocenters. The molecule has 0 saturated carbocycles. The summed E-state index contributed by atoms with van der Waals surface area (Å²) in [4.78, 5) is 27.7. The lowest BCUT2D eigenvalue weighted by molar-refractivity contribution is -0.121. The number of nitrogens with zero attached hydrogens (tertiary/aromatic N) is 2. The number of aromatic nitrogens is 2. The highest BCUT2D eigenvalue weighted by Gasteiger charge is 2.06. The van der Waals surface area contributed by atoms with Gasteiger partial charge in [0.2, 0.25) is 5.91 Å². The molecule has 1 heterocycles. The number of carbonyl (C=O) groups is 1. The third-order valence-electron chi connectivity index (χ3n) is 3.11. The first kappa shape index (κ1) is 17.8. The van der Waals surface area contributed by atoms with Crippen LogP contribution in [0.3, 0.4) is 0 Å². The Bertz CT molecular complexity index is 514. The summed E-state index contributed by atoms with van der Waals surface area (Å²) in [5, 5.41) is 3.63. The summed E-state index contributed by atoms with van der Waals surface area (Å²) in [6.07, 6.45) is 4.11. The molecule has 0 radical (unpaired) electrons. The van der Waals surface area contributed by atoms with Crippen LogP contribution in [0, 0.1) is 0 Å². The van der Waals surface area contributed by atoms with Crippen molar-refractivity contribution in [1.29, 1.82) is 0 Å². The van der Waals surface area contributed by atoms with Gasteiger partial charge in [-0.05, 0) is 25.7 Å². The first-order chi connectivity index (χ1) is 10.1. The largest absolute Gasteiger partial charge is 0.356 e. The van der Waals surface area contributed by atoms with E-state index in [1.54, 1.807) is 29.4 Å². The minimum Gasteiger partial charge on any atom is -0.356 e. The molecule has 1 aromatic heterocycles. The van der Waals surface area contributed by atoms with Gasteiger partial charge in [0.15, 0.2) is 5.16 Å². The van der Waals surface area contributed by atoms with Gasteiger partial charge in [-0.1, -0.05) is 25.6 Å². The summed E-state index contributed by atoms with van der Waals surface area (Å²) >= 11 is 1.58. The Balaban J connectivity index is 2.34. The van der Waals surface area contributed by atoms with Gasteiger partial charge in [-0.2, -0.15) is 0 Å². The van der Waals surface area contributed by atoms with Gasteiger partial charge in [0.1, 0.15) is 0 Å². The maximum Gasteiger partial charge on any atom is 0.254 e. The highest BCUT2D eigenvalue weighted by atomic mass is 32.2. The van der Waals surface area contributed by atoms with Crippen LogP contribution in [0.15, 0.2) is 16.0 Å². The predicted molar refractivity (Wildman–Crippen MR) is 86.7 cm³/mol. The van der Waals surface area contributed by atoms with Crippen LogP contribution >= 0.6 is 11.8 Å². The standard InChI is InChI=1S/C15H25N3O2S/c1-4-9-16-13(19)8-6-7-10-21-15-17-12(5-2)11-14(20)18(15)3/h11H,4-10H2,1-3H3,(H,16,19). The smallest absolute Gasteiger partial charge is 0.254 e. The van der Waals surface area contributed by atoms with Crippen molar-refractivity contribution in [3.63, 3.8) is 0 Å². The minimum absolute atomic E-state index is 0.0108. The van der Waals surface area contributed by atoms with E-state index in [1.807, 2.05) is 13.8 Å². The Hall–Kier alpha value is -1.30. The minimum atomic E-state index is -0.0108. The number of carbonyl (C=O) groups excluding carboxylic acids is 1. The molecule has 1 rings (SSSR count). The molecule has 0 aliphatic heterocycles. The Morgan fingerprint density at radius 2 is 2.14 bits per heavy atom. The molecule has 1 aromatic rings. The number of unbranched alkanes of at least 4 members (excludes halogenated alkanes) is 1. The summed E-state index contributed by atoms with van der Waals surface area (Å²) in [5.41, 5.74) is 0.822. The maximum absolute atomic E-state index is 11.8. The van der Waals surface area contributed by atoms with Gasteiger partial charge in [-0.15, -0.1) is 0 Å². The number of nitrogens with one attached hydrogen (secondary N) is 1. The quantitative estimate of drug-likeness (QED) is 0.431. The van der Waals surface area contributed by atoms with E-state index in [9.17, 15) is 9.59 Å². The molecule has 0 atom stereocenters. The van der Waals surface area contributed by atoms with Gasteiger partial charge in [-0.3, -0.25) is 14.2 Å².